The van der Waals surface area contributed by atoms with E-state index in [4.69, 9.17) is 4.74 Å². The van der Waals surface area contributed by atoms with Gasteiger partial charge < -0.3 is 25.4 Å². The molecule has 2 aromatic rings. The van der Waals surface area contributed by atoms with Gasteiger partial charge in [-0.15, -0.1) is 0 Å². The average molecular weight is 603 g/mol. The Hall–Kier alpha value is -3.64. The molecule has 1 heterocycles. The number of hydrogen-bond acceptors (Lipinski definition) is 7. The number of anilines is 1. The number of hydrogen-bond donors (Lipinski definition) is 4. The minimum absolute atomic E-state index is 0.000530. The molecule has 4 N–H and O–H groups in total. The molecular weight excluding hydrogens is 560 g/mol. The summed E-state index contributed by atoms with van der Waals surface area (Å²) in [5, 5.41) is 15.4. The second kappa shape index (κ2) is 12.7. The third-order valence-electron chi connectivity index (χ3n) is 7.10. The highest BCUT2D eigenvalue weighted by atomic mass is 32.2. The molecule has 0 spiro atoms. The fourth-order valence-corrected chi connectivity index (χ4v) is 6.19. The van der Waals surface area contributed by atoms with E-state index in [0.717, 1.165) is 18.5 Å². The van der Waals surface area contributed by atoms with Gasteiger partial charge in [0, 0.05) is 35.8 Å². The van der Waals surface area contributed by atoms with Crippen LogP contribution >= 0.6 is 0 Å². The number of alkyl carbamates (subject to hydrolysis) is 1. The molecule has 0 aromatic heterocycles. The lowest BCUT2D eigenvalue weighted by atomic mass is 9.78. The lowest BCUT2D eigenvalue weighted by Crippen LogP contribution is -2.68. The van der Waals surface area contributed by atoms with Crippen molar-refractivity contribution in [2.45, 2.75) is 83.0 Å². The standard InChI is InChI=1S/C30H42N4O7S/c1-28(2,3)30(20-25(35)36,33-42(39,40)24-10-8-7-9-11-24)32-26(37)21-12-14-23(15-13-21)34-18-16-22(17-19-34)31-27(38)41-29(4,5)6/h7-15,22,33H,16-20H2,1-6H3,(H,31,38)(H,32,37)(H,35,36). The Morgan fingerprint density at radius 1 is 0.929 bits per heavy atom. The summed E-state index contributed by atoms with van der Waals surface area (Å²) in [5.41, 5.74) is -2.30. The van der Waals surface area contributed by atoms with Crippen molar-refractivity contribution in [3.05, 3.63) is 60.2 Å². The van der Waals surface area contributed by atoms with Crippen molar-refractivity contribution in [1.82, 2.24) is 15.4 Å². The van der Waals surface area contributed by atoms with E-state index in [1.165, 1.54) is 12.1 Å². The summed E-state index contributed by atoms with van der Waals surface area (Å²) in [6, 6.07) is 14.4. The van der Waals surface area contributed by atoms with Gasteiger partial charge in [-0.25, -0.2) is 13.2 Å². The van der Waals surface area contributed by atoms with Crippen molar-refractivity contribution < 1.29 is 32.6 Å². The molecule has 11 nitrogen and oxygen atoms in total. The van der Waals surface area contributed by atoms with Gasteiger partial charge in [0.15, 0.2) is 0 Å². The second-order valence-corrected chi connectivity index (χ2v) is 14.2. The average Bonchev–Trinajstić information content (AvgIpc) is 2.87. The summed E-state index contributed by atoms with van der Waals surface area (Å²) in [4.78, 5) is 39.6. The molecule has 1 unspecified atom stereocenters. The first kappa shape index (κ1) is 32.9. The fourth-order valence-electron chi connectivity index (χ4n) is 4.67. The number of carbonyl (C=O) groups is 3. The molecular formula is C30H42N4O7S. The van der Waals surface area contributed by atoms with Crippen LogP contribution in [0.5, 0.6) is 0 Å². The first-order chi connectivity index (χ1) is 19.4. The van der Waals surface area contributed by atoms with Gasteiger partial charge in [0.25, 0.3) is 5.91 Å². The molecule has 1 aliphatic heterocycles. The van der Waals surface area contributed by atoms with E-state index in [9.17, 15) is 27.9 Å². The van der Waals surface area contributed by atoms with Gasteiger partial charge in [0.1, 0.15) is 11.3 Å². The van der Waals surface area contributed by atoms with Gasteiger partial charge in [0.2, 0.25) is 10.0 Å². The van der Waals surface area contributed by atoms with E-state index in [-0.39, 0.29) is 16.5 Å². The summed E-state index contributed by atoms with van der Waals surface area (Å²) in [6.07, 6.45) is 0.341. The largest absolute Gasteiger partial charge is 0.481 e. The fraction of sp³-hybridized carbons (Fsp3) is 0.500. The van der Waals surface area contributed by atoms with E-state index in [1.807, 2.05) is 20.8 Å². The maximum Gasteiger partial charge on any atom is 0.407 e. The Morgan fingerprint density at radius 3 is 2.00 bits per heavy atom. The number of rotatable bonds is 9. The lowest BCUT2D eigenvalue weighted by molar-refractivity contribution is -0.140. The van der Waals surface area contributed by atoms with Gasteiger partial charge in [0.05, 0.1) is 11.3 Å². The molecule has 0 saturated carbocycles. The topological polar surface area (TPSA) is 154 Å². The zero-order valence-electron chi connectivity index (χ0n) is 25.1. The lowest BCUT2D eigenvalue weighted by Gasteiger charge is -2.44. The second-order valence-electron chi connectivity index (χ2n) is 12.6. The minimum atomic E-state index is -4.19. The van der Waals surface area contributed by atoms with Gasteiger partial charge >= 0.3 is 12.1 Å². The highest BCUT2D eigenvalue weighted by Gasteiger charge is 2.48. The van der Waals surface area contributed by atoms with E-state index in [1.54, 1.807) is 63.2 Å². The number of carboxylic acids is 1. The first-order valence-corrected chi connectivity index (χ1v) is 15.4. The van der Waals surface area contributed by atoms with Crippen molar-refractivity contribution >= 4 is 33.7 Å². The number of amides is 2. The predicted octanol–water partition coefficient (Wildman–Crippen LogP) is 4.11. The van der Waals surface area contributed by atoms with Gasteiger partial charge in [-0.2, -0.15) is 4.72 Å². The zero-order valence-corrected chi connectivity index (χ0v) is 25.9. The van der Waals surface area contributed by atoms with E-state index in [2.05, 4.69) is 20.3 Å². The molecule has 12 heteroatoms. The Bertz CT molecular complexity index is 1360. The molecule has 1 saturated heterocycles. The summed E-state index contributed by atoms with van der Waals surface area (Å²) < 4.78 is 34.4. The zero-order chi connectivity index (χ0) is 31.3. The number of aliphatic carboxylic acids is 1. The predicted molar refractivity (Wildman–Crippen MR) is 160 cm³/mol. The van der Waals surface area contributed by atoms with Crippen molar-refractivity contribution in [1.29, 1.82) is 0 Å². The molecule has 3 rings (SSSR count). The van der Waals surface area contributed by atoms with Crippen LogP contribution in [-0.4, -0.2) is 61.9 Å². The molecule has 0 radical (unpaired) electrons. The van der Waals surface area contributed by atoms with Crippen LogP contribution in [0.15, 0.2) is 59.5 Å². The number of nitrogens with one attached hydrogen (secondary N) is 3. The highest BCUT2D eigenvalue weighted by Crippen LogP contribution is 2.33. The number of benzene rings is 2. The van der Waals surface area contributed by atoms with Crippen LogP contribution in [0.25, 0.3) is 0 Å². The minimum Gasteiger partial charge on any atom is -0.481 e. The van der Waals surface area contributed by atoms with Crippen LogP contribution < -0.4 is 20.3 Å². The molecule has 1 aliphatic rings. The SMILES string of the molecule is CC(C)(C)OC(=O)NC1CCN(c2ccc(C(=O)NC(CC(=O)O)(NS(=O)(=O)c3ccccc3)C(C)(C)C)cc2)CC1. The summed E-state index contributed by atoms with van der Waals surface area (Å²) >= 11 is 0. The Balaban J connectivity index is 1.74. The molecule has 0 aliphatic carbocycles. The number of ether oxygens (including phenoxy) is 1. The van der Waals surface area contributed by atoms with E-state index >= 15 is 0 Å². The van der Waals surface area contributed by atoms with Crippen LogP contribution in [0, 0.1) is 5.41 Å². The van der Waals surface area contributed by atoms with Crippen LogP contribution in [0.1, 0.15) is 71.2 Å². The molecule has 230 valence electrons. The highest BCUT2D eigenvalue weighted by molar-refractivity contribution is 7.89. The van der Waals surface area contributed by atoms with Crippen molar-refractivity contribution in [3.8, 4) is 0 Å². The van der Waals surface area contributed by atoms with Crippen LogP contribution in [0.2, 0.25) is 0 Å². The third-order valence-corrected chi connectivity index (χ3v) is 8.61. The molecule has 1 fully saturated rings. The number of sulfonamides is 1. The monoisotopic (exact) mass is 602 g/mol. The van der Waals surface area contributed by atoms with Crippen LogP contribution in [-0.2, 0) is 19.6 Å². The van der Waals surface area contributed by atoms with Crippen molar-refractivity contribution in [2.24, 2.45) is 5.41 Å². The molecule has 0 bridgehead atoms. The maximum atomic E-state index is 13.4. The first-order valence-electron chi connectivity index (χ1n) is 13.9. The molecule has 2 amide bonds. The van der Waals surface area contributed by atoms with Crippen LogP contribution in [0.4, 0.5) is 10.5 Å². The number of carboxylic acid groups (broad SMARTS) is 1. The quantitative estimate of drug-likeness (QED) is 0.313. The maximum absolute atomic E-state index is 13.4. The Morgan fingerprint density at radius 2 is 1.50 bits per heavy atom. The Kier molecular flexibility index (Phi) is 9.94. The van der Waals surface area contributed by atoms with Gasteiger partial charge in [-0.05, 0) is 70.0 Å². The van der Waals surface area contributed by atoms with Crippen molar-refractivity contribution in [2.75, 3.05) is 18.0 Å². The van der Waals surface area contributed by atoms with Gasteiger partial charge in [-0.3, -0.25) is 9.59 Å². The normalized spacial score (nSPS) is 16.3. The van der Waals surface area contributed by atoms with Gasteiger partial charge in [-0.1, -0.05) is 39.0 Å². The Labute approximate surface area is 248 Å². The number of carbonyl (C=O) groups excluding carboxylic acids is 2. The number of nitrogens with zero attached hydrogens (tertiary/aromatic N) is 1. The molecule has 2 aromatic carbocycles. The van der Waals surface area contributed by atoms with Crippen LogP contribution in [0.3, 0.4) is 0 Å². The number of piperidine rings is 1. The van der Waals surface area contributed by atoms with Crippen molar-refractivity contribution in [3.63, 3.8) is 0 Å². The van der Waals surface area contributed by atoms with E-state index < -0.39 is 51.1 Å². The smallest absolute Gasteiger partial charge is 0.407 e. The molecule has 42 heavy (non-hydrogen) atoms. The summed E-state index contributed by atoms with van der Waals surface area (Å²) in [6.45, 7) is 11.8. The summed E-state index contributed by atoms with van der Waals surface area (Å²) in [5.74, 6) is -1.89. The summed E-state index contributed by atoms with van der Waals surface area (Å²) in [7, 11) is -4.19. The van der Waals surface area contributed by atoms with E-state index in [0.29, 0.717) is 13.1 Å². The third kappa shape index (κ3) is 8.68. The molecule has 1 atom stereocenters.